The van der Waals surface area contributed by atoms with E-state index in [0.29, 0.717) is 0 Å². The summed E-state index contributed by atoms with van der Waals surface area (Å²) in [7, 11) is 1.87. The maximum absolute atomic E-state index is 4.19. The van der Waals surface area contributed by atoms with Crippen LogP contribution in [0.15, 0.2) is 28.7 Å². The fraction of sp³-hybridized carbons (Fsp3) is 0.182. The molecule has 1 heterocycles. The molecule has 78 valence electrons. The number of hydrogen-bond acceptors (Lipinski definition) is 2. The molecule has 0 saturated heterocycles. The molecule has 0 radical (unpaired) electrons. The van der Waals surface area contributed by atoms with Crippen molar-refractivity contribution >= 4 is 21.7 Å². The summed E-state index contributed by atoms with van der Waals surface area (Å²) in [4.78, 5) is 0. The molecule has 3 nitrogen and oxygen atoms in total. The van der Waals surface area contributed by atoms with Gasteiger partial charge in [-0.3, -0.25) is 5.10 Å². The maximum atomic E-state index is 4.19. The maximum Gasteiger partial charge on any atom is 0.151 e. The molecule has 0 amide bonds. The van der Waals surface area contributed by atoms with Crippen molar-refractivity contribution in [3.8, 4) is 11.3 Å². The Labute approximate surface area is 97.0 Å². The average molecular weight is 266 g/mol. The Morgan fingerprint density at radius 3 is 2.80 bits per heavy atom. The number of aromatic nitrogens is 2. The average Bonchev–Trinajstić information content (AvgIpc) is 2.59. The molecule has 1 aromatic carbocycles. The molecule has 2 rings (SSSR count). The molecule has 4 heteroatoms. The van der Waals surface area contributed by atoms with Crippen molar-refractivity contribution in [2.45, 2.75) is 6.92 Å². The second-order valence-electron chi connectivity index (χ2n) is 3.33. The van der Waals surface area contributed by atoms with Gasteiger partial charge in [0.1, 0.15) is 0 Å². The minimum absolute atomic E-state index is 0.893. The van der Waals surface area contributed by atoms with Crippen LogP contribution in [0.2, 0.25) is 0 Å². The van der Waals surface area contributed by atoms with Crippen molar-refractivity contribution in [1.29, 1.82) is 0 Å². The predicted molar refractivity (Wildman–Crippen MR) is 66.0 cm³/mol. The van der Waals surface area contributed by atoms with E-state index in [0.717, 1.165) is 27.1 Å². The molecule has 15 heavy (non-hydrogen) atoms. The van der Waals surface area contributed by atoms with Crippen LogP contribution in [0.25, 0.3) is 11.3 Å². The Morgan fingerprint density at radius 2 is 2.20 bits per heavy atom. The molecule has 0 fully saturated rings. The van der Waals surface area contributed by atoms with E-state index in [4.69, 9.17) is 0 Å². The molecular weight excluding hydrogens is 254 g/mol. The summed E-state index contributed by atoms with van der Waals surface area (Å²) >= 11 is 3.46. The van der Waals surface area contributed by atoms with Gasteiger partial charge in [-0.1, -0.05) is 28.1 Å². The van der Waals surface area contributed by atoms with E-state index in [1.54, 1.807) is 0 Å². The standard InChI is InChI=1S/C11H12BrN3/c1-7-10(14-15-11(7)13-2)8-4-3-5-9(12)6-8/h3-6H,1-2H3,(H2,13,14,15). The molecule has 0 aliphatic heterocycles. The van der Waals surface area contributed by atoms with Gasteiger partial charge in [-0.2, -0.15) is 5.10 Å². The van der Waals surface area contributed by atoms with Crippen LogP contribution in [0.1, 0.15) is 5.56 Å². The van der Waals surface area contributed by atoms with Gasteiger partial charge in [0, 0.05) is 22.6 Å². The minimum atomic E-state index is 0.893. The van der Waals surface area contributed by atoms with Gasteiger partial charge in [0.2, 0.25) is 0 Å². The molecule has 1 aromatic heterocycles. The normalized spacial score (nSPS) is 10.3. The molecular formula is C11H12BrN3. The lowest BCUT2D eigenvalue weighted by Crippen LogP contribution is -1.89. The van der Waals surface area contributed by atoms with Crippen molar-refractivity contribution in [1.82, 2.24) is 10.2 Å². The van der Waals surface area contributed by atoms with E-state index in [1.807, 2.05) is 26.1 Å². The summed E-state index contributed by atoms with van der Waals surface area (Å²) in [5.41, 5.74) is 3.33. The Bertz CT molecular complexity index is 476. The highest BCUT2D eigenvalue weighted by molar-refractivity contribution is 9.10. The lowest BCUT2D eigenvalue weighted by atomic mass is 10.1. The second kappa shape index (κ2) is 4.06. The van der Waals surface area contributed by atoms with Crippen LogP contribution in [0, 0.1) is 6.92 Å². The molecule has 2 aromatic rings. The summed E-state index contributed by atoms with van der Waals surface area (Å²) in [5, 5.41) is 10.3. The fourth-order valence-corrected chi connectivity index (χ4v) is 1.97. The lowest BCUT2D eigenvalue weighted by molar-refractivity contribution is 1.09. The first-order valence-electron chi connectivity index (χ1n) is 4.71. The van der Waals surface area contributed by atoms with Crippen LogP contribution in [0.3, 0.4) is 0 Å². The zero-order valence-electron chi connectivity index (χ0n) is 8.63. The van der Waals surface area contributed by atoms with Crippen LogP contribution in [-0.2, 0) is 0 Å². The highest BCUT2D eigenvalue weighted by Crippen LogP contribution is 2.27. The van der Waals surface area contributed by atoms with E-state index in [1.165, 1.54) is 0 Å². The van der Waals surface area contributed by atoms with Crippen molar-refractivity contribution in [3.63, 3.8) is 0 Å². The fourth-order valence-electron chi connectivity index (χ4n) is 1.57. The highest BCUT2D eigenvalue weighted by Gasteiger charge is 2.09. The molecule has 0 spiro atoms. The number of aromatic amines is 1. The molecule has 0 aliphatic carbocycles. The minimum Gasteiger partial charge on any atom is -0.371 e. The summed E-state index contributed by atoms with van der Waals surface area (Å²) in [6, 6.07) is 8.15. The van der Waals surface area contributed by atoms with Gasteiger partial charge in [-0.25, -0.2) is 0 Å². The van der Waals surface area contributed by atoms with Gasteiger partial charge >= 0.3 is 0 Å². The van der Waals surface area contributed by atoms with E-state index >= 15 is 0 Å². The summed E-state index contributed by atoms with van der Waals surface area (Å²) in [6.07, 6.45) is 0. The summed E-state index contributed by atoms with van der Waals surface area (Å²) in [5.74, 6) is 0.893. The number of nitrogens with one attached hydrogen (secondary N) is 2. The quantitative estimate of drug-likeness (QED) is 0.876. The molecule has 0 aliphatic rings. The van der Waals surface area contributed by atoms with Crippen molar-refractivity contribution in [2.75, 3.05) is 12.4 Å². The third-order valence-electron chi connectivity index (χ3n) is 2.36. The van der Waals surface area contributed by atoms with Gasteiger partial charge in [0.25, 0.3) is 0 Å². The molecule has 0 bridgehead atoms. The SMILES string of the molecule is CNc1n[nH]c(-c2cccc(Br)c2)c1C. The first kappa shape index (κ1) is 10.2. The van der Waals surface area contributed by atoms with Crippen LogP contribution in [-0.4, -0.2) is 17.2 Å². The van der Waals surface area contributed by atoms with E-state index in [-0.39, 0.29) is 0 Å². The topological polar surface area (TPSA) is 40.7 Å². The molecule has 0 unspecified atom stereocenters. The molecule has 2 N–H and O–H groups in total. The van der Waals surface area contributed by atoms with Crippen molar-refractivity contribution in [2.24, 2.45) is 0 Å². The number of anilines is 1. The number of rotatable bonds is 2. The zero-order chi connectivity index (χ0) is 10.8. The van der Waals surface area contributed by atoms with Gasteiger partial charge < -0.3 is 5.32 Å². The van der Waals surface area contributed by atoms with Crippen LogP contribution < -0.4 is 5.32 Å². The lowest BCUT2D eigenvalue weighted by Gasteiger charge is -2.00. The number of benzene rings is 1. The molecule has 0 saturated carbocycles. The van der Waals surface area contributed by atoms with Gasteiger partial charge in [0.05, 0.1) is 5.69 Å². The molecule has 0 atom stereocenters. The Morgan fingerprint density at radius 1 is 1.40 bits per heavy atom. The number of nitrogens with zero attached hydrogens (tertiary/aromatic N) is 1. The number of H-pyrrole nitrogens is 1. The third kappa shape index (κ3) is 1.90. The number of hydrogen-bond donors (Lipinski definition) is 2. The van der Waals surface area contributed by atoms with Crippen molar-refractivity contribution < 1.29 is 0 Å². The summed E-state index contributed by atoms with van der Waals surface area (Å²) < 4.78 is 1.07. The van der Waals surface area contributed by atoms with Crippen molar-refractivity contribution in [3.05, 3.63) is 34.3 Å². The smallest absolute Gasteiger partial charge is 0.151 e. The first-order valence-corrected chi connectivity index (χ1v) is 5.50. The Kier molecular flexibility index (Phi) is 2.77. The zero-order valence-corrected chi connectivity index (χ0v) is 10.2. The monoisotopic (exact) mass is 265 g/mol. The van der Waals surface area contributed by atoms with E-state index in [9.17, 15) is 0 Å². The Hall–Kier alpha value is -1.29. The second-order valence-corrected chi connectivity index (χ2v) is 4.25. The van der Waals surface area contributed by atoms with Gasteiger partial charge in [0.15, 0.2) is 5.82 Å². The van der Waals surface area contributed by atoms with Gasteiger partial charge in [-0.15, -0.1) is 0 Å². The highest BCUT2D eigenvalue weighted by atomic mass is 79.9. The Balaban J connectivity index is 2.49. The van der Waals surface area contributed by atoms with Crippen LogP contribution in [0.5, 0.6) is 0 Å². The van der Waals surface area contributed by atoms with E-state index < -0.39 is 0 Å². The first-order chi connectivity index (χ1) is 7.22. The van der Waals surface area contributed by atoms with Gasteiger partial charge in [-0.05, 0) is 19.1 Å². The van der Waals surface area contributed by atoms with Crippen LogP contribution >= 0.6 is 15.9 Å². The van der Waals surface area contributed by atoms with E-state index in [2.05, 4.69) is 43.6 Å². The number of halogens is 1. The summed E-state index contributed by atoms with van der Waals surface area (Å²) in [6.45, 7) is 2.05. The third-order valence-corrected chi connectivity index (χ3v) is 2.85. The predicted octanol–water partition coefficient (Wildman–Crippen LogP) is 3.19. The van der Waals surface area contributed by atoms with Crippen LogP contribution in [0.4, 0.5) is 5.82 Å². The largest absolute Gasteiger partial charge is 0.371 e.